The normalized spacial score (nSPS) is 14.7. The van der Waals surface area contributed by atoms with Crippen molar-refractivity contribution in [2.45, 2.75) is 19.4 Å². The molecule has 1 aliphatic rings. The molecule has 1 aromatic carbocycles. The van der Waals surface area contributed by atoms with Crippen LogP contribution >= 0.6 is 0 Å². The van der Waals surface area contributed by atoms with Gasteiger partial charge in [-0.1, -0.05) is 6.07 Å². The van der Waals surface area contributed by atoms with Crippen LogP contribution in [0.4, 0.5) is 0 Å². The third-order valence-corrected chi connectivity index (χ3v) is 3.19. The fraction of sp³-hybridized carbons (Fsp3) is 0.385. The molecule has 2 aromatic rings. The number of rotatable bonds is 4. The first kappa shape index (κ1) is 13.3. The van der Waals surface area contributed by atoms with E-state index < -0.39 is 5.97 Å². The third-order valence-electron chi connectivity index (χ3n) is 3.19. The Hall–Kier alpha value is -2.64. The van der Waals surface area contributed by atoms with Crippen LogP contribution in [0.15, 0.2) is 18.2 Å². The quantitative estimate of drug-likeness (QED) is 0.901. The summed E-state index contributed by atoms with van der Waals surface area (Å²) in [6, 6.07) is 5.09. The van der Waals surface area contributed by atoms with Crippen LogP contribution < -0.4 is 9.47 Å². The van der Waals surface area contributed by atoms with E-state index in [1.54, 1.807) is 6.92 Å². The maximum absolute atomic E-state index is 10.9. The van der Waals surface area contributed by atoms with E-state index in [0.29, 0.717) is 36.1 Å². The Kier molecular flexibility index (Phi) is 3.43. The predicted octanol–water partition coefficient (Wildman–Crippen LogP) is 1.15. The highest BCUT2D eigenvalue weighted by Crippen LogP contribution is 2.39. The first-order valence-corrected chi connectivity index (χ1v) is 6.55. The Morgan fingerprint density at radius 1 is 1.43 bits per heavy atom. The minimum absolute atomic E-state index is 0.0651. The summed E-state index contributed by atoms with van der Waals surface area (Å²) in [5.41, 5.74) is 0.689. The van der Waals surface area contributed by atoms with Crippen molar-refractivity contribution in [3.63, 3.8) is 0 Å². The summed E-state index contributed by atoms with van der Waals surface area (Å²) in [5.74, 6) is 0.784. The Bertz CT molecular complexity index is 670. The number of tetrazole rings is 1. The van der Waals surface area contributed by atoms with Crippen molar-refractivity contribution >= 4 is 5.97 Å². The third kappa shape index (κ3) is 2.51. The lowest BCUT2D eigenvalue weighted by atomic mass is 10.1. The summed E-state index contributed by atoms with van der Waals surface area (Å²) in [6.45, 7) is 2.70. The highest BCUT2D eigenvalue weighted by molar-refractivity contribution is 5.70. The highest BCUT2D eigenvalue weighted by atomic mass is 16.6. The topological polar surface area (TPSA) is 99.4 Å². The smallest absolute Gasteiger partial charge is 0.305 e. The molecule has 0 aliphatic carbocycles. The summed E-state index contributed by atoms with van der Waals surface area (Å²) in [6.07, 6.45) is -0.0651. The van der Waals surface area contributed by atoms with Crippen LogP contribution in [0.5, 0.6) is 11.5 Å². The predicted molar refractivity (Wildman–Crippen MR) is 71.2 cm³/mol. The number of aromatic nitrogens is 4. The summed E-state index contributed by atoms with van der Waals surface area (Å²) < 4.78 is 12.7. The Labute approximate surface area is 120 Å². The van der Waals surface area contributed by atoms with Crippen LogP contribution in [0, 0.1) is 0 Å². The van der Waals surface area contributed by atoms with Crippen molar-refractivity contribution in [2.75, 3.05) is 13.2 Å². The number of carbonyl (C=O) groups is 1. The lowest BCUT2D eigenvalue weighted by Gasteiger charge is -2.21. The first-order valence-electron chi connectivity index (χ1n) is 6.55. The van der Waals surface area contributed by atoms with E-state index in [4.69, 9.17) is 14.6 Å². The number of fused-ring (bicyclic) bond motifs is 1. The standard InChI is InChI=1S/C13H14N4O4/c1-8(7-11(18)19)17-13(14-15-16-17)9-3-2-4-10-12(9)21-6-5-20-10/h2-4,8H,5-7H2,1H3,(H,18,19). The maximum Gasteiger partial charge on any atom is 0.305 e. The van der Waals surface area contributed by atoms with Gasteiger partial charge in [-0.15, -0.1) is 5.10 Å². The molecule has 110 valence electrons. The van der Waals surface area contributed by atoms with Crippen LogP contribution in [0.1, 0.15) is 19.4 Å². The molecule has 1 atom stereocenters. The maximum atomic E-state index is 10.9. The lowest BCUT2D eigenvalue weighted by molar-refractivity contribution is -0.137. The Morgan fingerprint density at radius 2 is 2.24 bits per heavy atom. The average molecular weight is 290 g/mol. The molecular weight excluding hydrogens is 276 g/mol. The molecule has 0 saturated heterocycles. The minimum Gasteiger partial charge on any atom is -0.486 e. The molecule has 8 heteroatoms. The molecule has 1 N–H and O–H groups in total. The molecule has 2 heterocycles. The van der Waals surface area contributed by atoms with Gasteiger partial charge in [0.1, 0.15) is 13.2 Å². The molecule has 0 bridgehead atoms. The second-order valence-corrected chi connectivity index (χ2v) is 4.72. The van der Waals surface area contributed by atoms with Gasteiger partial charge in [0, 0.05) is 0 Å². The second kappa shape index (κ2) is 5.39. The largest absolute Gasteiger partial charge is 0.486 e. The molecule has 8 nitrogen and oxygen atoms in total. The second-order valence-electron chi connectivity index (χ2n) is 4.72. The van der Waals surface area contributed by atoms with Gasteiger partial charge in [-0.05, 0) is 29.5 Å². The molecular formula is C13H14N4O4. The summed E-state index contributed by atoms with van der Waals surface area (Å²) in [4.78, 5) is 10.9. The molecule has 1 aliphatic heterocycles. The van der Waals surface area contributed by atoms with Gasteiger partial charge in [-0.2, -0.15) is 0 Å². The van der Waals surface area contributed by atoms with Gasteiger partial charge in [-0.3, -0.25) is 4.79 Å². The molecule has 0 fully saturated rings. The van der Waals surface area contributed by atoms with Crippen LogP contribution in [0.2, 0.25) is 0 Å². The minimum atomic E-state index is -0.904. The van der Waals surface area contributed by atoms with Crippen molar-refractivity contribution in [1.82, 2.24) is 20.2 Å². The van der Waals surface area contributed by atoms with E-state index in [1.807, 2.05) is 18.2 Å². The van der Waals surface area contributed by atoms with Crippen LogP contribution in [0.3, 0.4) is 0 Å². The number of hydrogen-bond acceptors (Lipinski definition) is 6. The molecule has 0 radical (unpaired) electrons. The number of benzene rings is 1. The molecule has 1 unspecified atom stereocenters. The number of ether oxygens (including phenoxy) is 2. The first-order chi connectivity index (χ1) is 10.2. The van der Waals surface area contributed by atoms with Gasteiger partial charge in [0.25, 0.3) is 0 Å². The summed E-state index contributed by atoms with van der Waals surface area (Å²) >= 11 is 0. The molecule has 21 heavy (non-hydrogen) atoms. The fourth-order valence-corrected chi connectivity index (χ4v) is 2.26. The van der Waals surface area contributed by atoms with Crippen molar-refractivity contribution in [3.05, 3.63) is 18.2 Å². The Morgan fingerprint density at radius 3 is 3.05 bits per heavy atom. The van der Waals surface area contributed by atoms with E-state index in [9.17, 15) is 4.79 Å². The SMILES string of the molecule is CC(CC(=O)O)n1nnnc1-c1cccc2c1OCCO2. The highest BCUT2D eigenvalue weighted by Gasteiger charge is 2.23. The summed E-state index contributed by atoms with van der Waals surface area (Å²) in [5, 5.41) is 20.4. The number of para-hydroxylation sites is 1. The van der Waals surface area contributed by atoms with E-state index in [-0.39, 0.29) is 12.5 Å². The van der Waals surface area contributed by atoms with Gasteiger partial charge in [0.15, 0.2) is 17.3 Å². The van der Waals surface area contributed by atoms with E-state index in [0.717, 1.165) is 0 Å². The van der Waals surface area contributed by atoms with Crippen LogP contribution in [0.25, 0.3) is 11.4 Å². The average Bonchev–Trinajstić information content (AvgIpc) is 2.95. The summed E-state index contributed by atoms with van der Waals surface area (Å²) in [7, 11) is 0. The number of hydrogen-bond donors (Lipinski definition) is 1. The van der Waals surface area contributed by atoms with Gasteiger partial charge < -0.3 is 14.6 Å². The zero-order valence-electron chi connectivity index (χ0n) is 11.4. The van der Waals surface area contributed by atoms with Crippen molar-refractivity contribution < 1.29 is 19.4 Å². The van der Waals surface area contributed by atoms with Crippen LogP contribution in [-0.4, -0.2) is 44.5 Å². The monoisotopic (exact) mass is 290 g/mol. The van der Waals surface area contributed by atoms with Crippen molar-refractivity contribution in [1.29, 1.82) is 0 Å². The van der Waals surface area contributed by atoms with E-state index >= 15 is 0 Å². The van der Waals surface area contributed by atoms with Gasteiger partial charge in [0.05, 0.1) is 18.0 Å². The van der Waals surface area contributed by atoms with E-state index in [2.05, 4.69) is 15.5 Å². The van der Waals surface area contributed by atoms with Crippen molar-refractivity contribution in [2.24, 2.45) is 0 Å². The van der Waals surface area contributed by atoms with Crippen LogP contribution in [-0.2, 0) is 4.79 Å². The number of nitrogens with zero attached hydrogens (tertiary/aromatic N) is 4. The lowest BCUT2D eigenvalue weighted by Crippen LogP contribution is -2.17. The van der Waals surface area contributed by atoms with Gasteiger partial charge in [-0.25, -0.2) is 4.68 Å². The molecule has 1 aromatic heterocycles. The van der Waals surface area contributed by atoms with E-state index in [1.165, 1.54) is 4.68 Å². The molecule has 0 saturated carbocycles. The molecule has 3 rings (SSSR count). The zero-order chi connectivity index (χ0) is 14.8. The van der Waals surface area contributed by atoms with Gasteiger partial charge in [0.2, 0.25) is 0 Å². The molecule has 0 amide bonds. The fourth-order valence-electron chi connectivity index (χ4n) is 2.26. The number of aliphatic carboxylic acids is 1. The van der Waals surface area contributed by atoms with Gasteiger partial charge >= 0.3 is 5.97 Å². The number of carboxylic acids is 1. The zero-order valence-corrected chi connectivity index (χ0v) is 11.4. The molecule has 0 spiro atoms. The number of carboxylic acid groups (broad SMARTS) is 1. The Balaban J connectivity index is 2.02. The van der Waals surface area contributed by atoms with Crippen molar-refractivity contribution in [3.8, 4) is 22.9 Å².